The molecule has 1 nitrogen and oxygen atoms in total. The average Bonchev–Trinajstić information content (AvgIpc) is 2.07. The zero-order chi connectivity index (χ0) is 8.10. The monoisotopic (exact) mass is 164 g/mol. The van der Waals surface area contributed by atoms with Gasteiger partial charge in [-0.1, -0.05) is 18.1 Å². The minimum atomic E-state index is 0.508. The van der Waals surface area contributed by atoms with Crippen molar-refractivity contribution in [3.8, 4) is 12.3 Å². The SMILES string of the molecule is C#Cc1ccc(COS)cc1. The highest BCUT2D eigenvalue weighted by atomic mass is 32.1. The largest absolute Gasteiger partial charge is 0.314 e. The molecule has 0 saturated carbocycles. The van der Waals surface area contributed by atoms with Gasteiger partial charge in [-0.25, -0.2) is 0 Å². The minimum Gasteiger partial charge on any atom is -0.314 e. The summed E-state index contributed by atoms with van der Waals surface area (Å²) in [7, 11) is 0. The Kier molecular flexibility index (Phi) is 3.03. The van der Waals surface area contributed by atoms with Gasteiger partial charge in [0, 0.05) is 5.56 Å². The van der Waals surface area contributed by atoms with E-state index in [1.165, 1.54) is 0 Å². The molecule has 11 heavy (non-hydrogen) atoms. The molecule has 1 rings (SSSR count). The van der Waals surface area contributed by atoms with Crippen LogP contribution in [0.1, 0.15) is 11.1 Å². The summed E-state index contributed by atoms with van der Waals surface area (Å²) in [6.45, 7) is 0.508. The smallest absolute Gasteiger partial charge is 0.0861 e. The van der Waals surface area contributed by atoms with Gasteiger partial charge < -0.3 is 4.18 Å². The van der Waals surface area contributed by atoms with Crippen molar-refractivity contribution in [3.05, 3.63) is 35.4 Å². The van der Waals surface area contributed by atoms with E-state index in [1.54, 1.807) is 0 Å². The molecule has 56 valence electrons. The zero-order valence-electron chi connectivity index (χ0n) is 5.95. The first kappa shape index (κ1) is 8.19. The second kappa shape index (κ2) is 4.07. The van der Waals surface area contributed by atoms with E-state index in [0.717, 1.165) is 11.1 Å². The Labute approximate surface area is 72.0 Å². The quantitative estimate of drug-likeness (QED) is 0.400. The van der Waals surface area contributed by atoms with Crippen LogP contribution in [0.4, 0.5) is 0 Å². The fourth-order valence-electron chi connectivity index (χ4n) is 0.772. The van der Waals surface area contributed by atoms with Crippen molar-refractivity contribution in [1.29, 1.82) is 0 Å². The van der Waals surface area contributed by atoms with Crippen LogP contribution in [0.2, 0.25) is 0 Å². The maximum Gasteiger partial charge on any atom is 0.0861 e. The predicted molar refractivity (Wildman–Crippen MR) is 48.2 cm³/mol. The van der Waals surface area contributed by atoms with E-state index in [0.29, 0.717) is 6.61 Å². The molecular formula is C9H8OS. The Morgan fingerprint density at radius 2 is 2.00 bits per heavy atom. The molecule has 1 aromatic carbocycles. The van der Waals surface area contributed by atoms with Crippen molar-refractivity contribution < 1.29 is 4.18 Å². The zero-order valence-corrected chi connectivity index (χ0v) is 6.84. The van der Waals surface area contributed by atoms with Gasteiger partial charge in [0.1, 0.15) is 0 Å². The summed E-state index contributed by atoms with van der Waals surface area (Å²) in [5, 5.41) is 0. The fraction of sp³-hybridized carbons (Fsp3) is 0.111. The maximum absolute atomic E-state index is 5.18. The second-order valence-electron chi connectivity index (χ2n) is 2.11. The van der Waals surface area contributed by atoms with Crippen LogP contribution in [-0.4, -0.2) is 0 Å². The first-order valence-electron chi connectivity index (χ1n) is 3.18. The van der Waals surface area contributed by atoms with Crippen molar-refractivity contribution in [2.24, 2.45) is 0 Å². The van der Waals surface area contributed by atoms with E-state index in [-0.39, 0.29) is 0 Å². The van der Waals surface area contributed by atoms with Gasteiger partial charge in [-0.05, 0) is 30.6 Å². The summed E-state index contributed by atoms with van der Waals surface area (Å²) in [5.74, 6) is 2.54. The molecule has 0 bridgehead atoms. The Balaban J connectivity index is 2.76. The maximum atomic E-state index is 5.18. The number of rotatable bonds is 2. The molecule has 0 fully saturated rings. The molecule has 0 aliphatic rings. The first-order valence-corrected chi connectivity index (χ1v) is 3.55. The Morgan fingerprint density at radius 3 is 2.45 bits per heavy atom. The summed E-state index contributed by atoms with van der Waals surface area (Å²) in [6.07, 6.45) is 5.18. The van der Waals surface area contributed by atoms with Crippen LogP contribution < -0.4 is 0 Å². The molecule has 0 heterocycles. The summed E-state index contributed by atoms with van der Waals surface area (Å²) < 4.78 is 4.64. The lowest BCUT2D eigenvalue weighted by atomic mass is 10.1. The summed E-state index contributed by atoms with van der Waals surface area (Å²) >= 11 is 3.64. The van der Waals surface area contributed by atoms with Crippen molar-refractivity contribution in [2.45, 2.75) is 6.61 Å². The summed E-state index contributed by atoms with van der Waals surface area (Å²) in [6, 6.07) is 7.60. The van der Waals surface area contributed by atoms with E-state index in [9.17, 15) is 0 Å². The van der Waals surface area contributed by atoms with Crippen LogP contribution in [-0.2, 0) is 10.8 Å². The van der Waals surface area contributed by atoms with Crippen LogP contribution in [0.3, 0.4) is 0 Å². The van der Waals surface area contributed by atoms with E-state index < -0.39 is 0 Å². The molecule has 0 atom stereocenters. The number of hydrogen-bond donors (Lipinski definition) is 1. The molecule has 0 N–H and O–H groups in total. The molecule has 0 amide bonds. The van der Waals surface area contributed by atoms with E-state index in [4.69, 9.17) is 6.42 Å². The standard InChI is InChI=1S/C9H8OS/c1-2-8-3-5-9(6-4-8)7-10-11/h1,3-6,11H,7H2. The third-order valence-electron chi connectivity index (χ3n) is 1.35. The van der Waals surface area contributed by atoms with Gasteiger partial charge in [0.15, 0.2) is 0 Å². The first-order chi connectivity index (χ1) is 5.36. The number of hydrogen-bond acceptors (Lipinski definition) is 2. The minimum absolute atomic E-state index is 0.508. The van der Waals surface area contributed by atoms with Crippen LogP contribution in [0, 0.1) is 12.3 Å². The van der Waals surface area contributed by atoms with E-state index in [1.807, 2.05) is 24.3 Å². The highest BCUT2D eigenvalue weighted by Gasteiger charge is 1.90. The van der Waals surface area contributed by atoms with Crippen molar-refractivity contribution in [2.75, 3.05) is 0 Å². The highest BCUT2D eigenvalue weighted by molar-refractivity contribution is 7.75. The van der Waals surface area contributed by atoms with Gasteiger partial charge in [-0.2, -0.15) is 0 Å². The third kappa shape index (κ3) is 2.30. The van der Waals surface area contributed by atoms with Gasteiger partial charge in [0.25, 0.3) is 0 Å². The highest BCUT2D eigenvalue weighted by Crippen LogP contribution is 2.04. The van der Waals surface area contributed by atoms with Gasteiger partial charge in [0.2, 0.25) is 0 Å². The summed E-state index contributed by atoms with van der Waals surface area (Å²) in [5.41, 5.74) is 1.95. The van der Waals surface area contributed by atoms with Gasteiger partial charge in [-0.3, -0.25) is 0 Å². The molecule has 0 saturated heterocycles. The Morgan fingerprint density at radius 1 is 1.36 bits per heavy atom. The lowest BCUT2D eigenvalue weighted by molar-refractivity contribution is 0.372. The number of thiol groups is 1. The van der Waals surface area contributed by atoms with Gasteiger partial charge >= 0.3 is 0 Å². The number of terminal acetylenes is 1. The normalized spacial score (nSPS) is 9.09. The average molecular weight is 164 g/mol. The molecule has 0 radical (unpaired) electrons. The topological polar surface area (TPSA) is 9.23 Å². The van der Waals surface area contributed by atoms with Crippen LogP contribution in [0.5, 0.6) is 0 Å². The second-order valence-corrected chi connectivity index (χ2v) is 2.37. The van der Waals surface area contributed by atoms with Crippen LogP contribution in [0.15, 0.2) is 24.3 Å². The molecule has 0 aliphatic heterocycles. The fourth-order valence-corrected chi connectivity index (χ4v) is 0.921. The lowest BCUT2D eigenvalue weighted by Crippen LogP contribution is -1.83. The van der Waals surface area contributed by atoms with E-state index in [2.05, 4.69) is 23.0 Å². The van der Waals surface area contributed by atoms with Crippen LogP contribution >= 0.6 is 12.9 Å². The molecule has 2 heteroatoms. The molecule has 0 spiro atoms. The molecule has 1 aromatic rings. The summed E-state index contributed by atoms with van der Waals surface area (Å²) in [4.78, 5) is 0. The van der Waals surface area contributed by atoms with Crippen molar-refractivity contribution in [1.82, 2.24) is 0 Å². The molecule has 0 unspecified atom stereocenters. The van der Waals surface area contributed by atoms with Gasteiger partial charge in [-0.15, -0.1) is 6.42 Å². The Hall–Kier alpha value is -0.910. The molecule has 0 aliphatic carbocycles. The van der Waals surface area contributed by atoms with E-state index >= 15 is 0 Å². The van der Waals surface area contributed by atoms with Gasteiger partial charge in [0.05, 0.1) is 6.61 Å². The van der Waals surface area contributed by atoms with Crippen molar-refractivity contribution >= 4 is 12.9 Å². The van der Waals surface area contributed by atoms with Crippen LogP contribution in [0.25, 0.3) is 0 Å². The molecular weight excluding hydrogens is 156 g/mol. The molecule has 0 aromatic heterocycles. The Bertz CT molecular complexity index is 258. The predicted octanol–water partition coefficient (Wildman–Crippen LogP) is 2.03. The number of benzene rings is 1. The lowest BCUT2D eigenvalue weighted by Gasteiger charge is -1.96. The van der Waals surface area contributed by atoms with Crippen molar-refractivity contribution in [3.63, 3.8) is 0 Å². The third-order valence-corrected chi connectivity index (χ3v) is 1.48.